The Morgan fingerprint density at radius 3 is 2.43 bits per heavy atom. The van der Waals surface area contributed by atoms with Crippen molar-refractivity contribution >= 4 is 24.5 Å². The summed E-state index contributed by atoms with van der Waals surface area (Å²) in [4.78, 5) is 24.5. The SMILES string of the molecule is COc1ccc(CCN(CC(=O)O)C(=O)C(C)CS)cc1OC. The fourth-order valence-corrected chi connectivity index (χ4v) is 2.28. The van der Waals surface area contributed by atoms with E-state index in [1.165, 1.54) is 4.90 Å². The number of carbonyl (C=O) groups excluding carboxylic acids is 1. The first-order chi connectivity index (χ1) is 10.9. The van der Waals surface area contributed by atoms with Gasteiger partial charge in [-0.2, -0.15) is 12.6 Å². The molecule has 0 radical (unpaired) electrons. The highest BCUT2D eigenvalue weighted by Crippen LogP contribution is 2.27. The normalized spacial score (nSPS) is 11.7. The summed E-state index contributed by atoms with van der Waals surface area (Å²) in [6.07, 6.45) is 0.526. The van der Waals surface area contributed by atoms with Crippen LogP contribution in [-0.2, 0) is 16.0 Å². The molecular weight excluding hydrogens is 318 g/mol. The van der Waals surface area contributed by atoms with Crippen LogP contribution < -0.4 is 9.47 Å². The van der Waals surface area contributed by atoms with E-state index in [-0.39, 0.29) is 18.4 Å². The zero-order valence-electron chi connectivity index (χ0n) is 13.6. The monoisotopic (exact) mass is 341 g/mol. The van der Waals surface area contributed by atoms with Gasteiger partial charge in [-0.3, -0.25) is 9.59 Å². The number of rotatable bonds is 9. The van der Waals surface area contributed by atoms with Crippen molar-refractivity contribution in [2.75, 3.05) is 33.1 Å². The summed E-state index contributed by atoms with van der Waals surface area (Å²) in [5.74, 6) is 0.0527. The molecule has 7 heteroatoms. The lowest BCUT2D eigenvalue weighted by Gasteiger charge is -2.23. The predicted molar refractivity (Wildman–Crippen MR) is 90.5 cm³/mol. The molecule has 1 aromatic rings. The Hall–Kier alpha value is -1.89. The summed E-state index contributed by atoms with van der Waals surface area (Å²) in [7, 11) is 3.11. The Morgan fingerprint density at radius 1 is 1.26 bits per heavy atom. The highest BCUT2D eigenvalue weighted by atomic mass is 32.1. The number of carboxylic acid groups (broad SMARTS) is 1. The molecule has 1 aromatic carbocycles. The van der Waals surface area contributed by atoms with E-state index < -0.39 is 5.97 Å². The fourth-order valence-electron chi connectivity index (χ4n) is 2.12. The minimum absolute atomic E-state index is 0.206. The van der Waals surface area contributed by atoms with Gasteiger partial charge in [0, 0.05) is 18.2 Å². The Labute approximate surface area is 141 Å². The van der Waals surface area contributed by atoms with E-state index in [2.05, 4.69) is 12.6 Å². The summed E-state index contributed by atoms with van der Waals surface area (Å²) in [6.45, 7) is 1.74. The molecule has 0 fully saturated rings. The summed E-state index contributed by atoms with van der Waals surface area (Å²) in [5.41, 5.74) is 0.935. The van der Waals surface area contributed by atoms with E-state index in [4.69, 9.17) is 14.6 Å². The molecule has 0 aliphatic rings. The van der Waals surface area contributed by atoms with Crippen molar-refractivity contribution < 1.29 is 24.2 Å². The van der Waals surface area contributed by atoms with Crippen LogP contribution in [0.2, 0.25) is 0 Å². The average molecular weight is 341 g/mol. The number of nitrogens with zero attached hydrogens (tertiary/aromatic N) is 1. The van der Waals surface area contributed by atoms with Crippen LogP contribution >= 0.6 is 12.6 Å². The number of thiol groups is 1. The van der Waals surface area contributed by atoms with E-state index in [9.17, 15) is 9.59 Å². The molecule has 0 spiro atoms. The summed E-state index contributed by atoms with van der Waals surface area (Å²) >= 11 is 4.10. The molecule has 1 atom stereocenters. The number of benzene rings is 1. The van der Waals surface area contributed by atoms with Crippen molar-refractivity contribution in [1.29, 1.82) is 0 Å². The summed E-state index contributed by atoms with van der Waals surface area (Å²) < 4.78 is 10.4. The maximum atomic E-state index is 12.2. The molecule has 6 nitrogen and oxygen atoms in total. The molecule has 0 aromatic heterocycles. The molecule has 0 bridgehead atoms. The van der Waals surface area contributed by atoms with Crippen molar-refractivity contribution in [2.24, 2.45) is 5.92 Å². The number of carboxylic acids is 1. The van der Waals surface area contributed by atoms with Crippen molar-refractivity contribution in [3.8, 4) is 11.5 Å². The van der Waals surface area contributed by atoms with Gasteiger partial charge in [0.05, 0.1) is 14.2 Å². The quantitative estimate of drug-likeness (QED) is 0.669. The number of methoxy groups -OCH3 is 2. The smallest absolute Gasteiger partial charge is 0.323 e. The first kappa shape index (κ1) is 19.2. The molecule has 128 valence electrons. The molecule has 0 heterocycles. The molecule has 0 aliphatic heterocycles. The summed E-state index contributed by atoms with van der Waals surface area (Å²) in [6, 6.07) is 5.48. The van der Waals surface area contributed by atoms with Gasteiger partial charge >= 0.3 is 5.97 Å². The van der Waals surface area contributed by atoms with E-state index in [0.717, 1.165) is 5.56 Å². The van der Waals surface area contributed by atoms with Gasteiger partial charge in [-0.15, -0.1) is 0 Å². The first-order valence-corrected chi connectivity index (χ1v) is 7.88. The lowest BCUT2D eigenvalue weighted by Crippen LogP contribution is -2.40. The van der Waals surface area contributed by atoms with Gasteiger partial charge in [-0.25, -0.2) is 0 Å². The third-order valence-corrected chi connectivity index (χ3v) is 4.00. The van der Waals surface area contributed by atoms with E-state index in [1.807, 2.05) is 12.1 Å². The highest BCUT2D eigenvalue weighted by Gasteiger charge is 2.21. The highest BCUT2D eigenvalue weighted by molar-refractivity contribution is 7.80. The molecule has 0 aliphatic carbocycles. The maximum absolute atomic E-state index is 12.2. The Balaban J connectivity index is 2.81. The molecular formula is C16H23NO5S. The number of hydrogen-bond acceptors (Lipinski definition) is 5. The van der Waals surface area contributed by atoms with Crippen molar-refractivity contribution in [3.05, 3.63) is 23.8 Å². The molecule has 1 rings (SSSR count). The first-order valence-electron chi connectivity index (χ1n) is 7.25. The van der Waals surface area contributed by atoms with Gasteiger partial charge in [-0.1, -0.05) is 13.0 Å². The van der Waals surface area contributed by atoms with Crippen molar-refractivity contribution in [1.82, 2.24) is 4.90 Å². The zero-order valence-corrected chi connectivity index (χ0v) is 14.5. The van der Waals surface area contributed by atoms with Gasteiger partial charge < -0.3 is 19.5 Å². The van der Waals surface area contributed by atoms with Crippen molar-refractivity contribution in [2.45, 2.75) is 13.3 Å². The van der Waals surface area contributed by atoms with E-state index >= 15 is 0 Å². The fraction of sp³-hybridized carbons (Fsp3) is 0.500. The second-order valence-electron chi connectivity index (χ2n) is 5.18. The van der Waals surface area contributed by atoms with E-state index in [1.54, 1.807) is 27.2 Å². The maximum Gasteiger partial charge on any atom is 0.323 e. The molecule has 1 N–H and O–H groups in total. The van der Waals surface area contributed by atoms with Crippen LogP contribution in [0, 0.1) is 5.92 Å². The molecule has 23 heavy (non-hydrogen) atoms. The van der Waals surface area contributed by atoms with Gasteiger partial charge in [0.15, 0.2) is 11.5 Å². The molecule has 1 amide bonds. The third-order valence-electron chi connectivity index (χ3n) is 3.45. The molecule has 0 saturated carbocycles. The number of ether oxygens (including phenoxy) is 2. The van der Waals surface area contributed by atoms with Crippen LogP contribution in [0.25, 0.3) is 0 Å². The van der Waals surface area contributed by atoms with Crippen LogP contribution in [-0.4, -0.2) is 54.9 Å². The van der Waals surface area contributed by atoms with Crippen LogP contribution in [0.5, 0.6) is 11.5 Å². The topological polar surface area (TPSA) is 76.1 Å². The number of hydrogen-bond donors (Lipinski definition) is 2. The number of carbonyl (C=O) groups is 2. The molecule has 1 unspecified atom stereocenters. The number of aliphatic carboxylic acids is 1. The third kappa shape index (κ3) is 5.67. The Kier molecular flexibility index (Phi) is 7.74. The predicted octanol–water partition coefficient (Wildman–Crippen LogP) is 1.73. The Morgan fingerprint density at radius 2 is 1.91 bits per heavy atom. The van der Waals surface area contributed by atoms with E-state index in [0.29, 0.717) is 30.2 Å². The van der Waals surface area contributed by atoms with Crippen LogP contribution in [0.15, 0.2) is 18.2 Å². The standard InChI is InChI=1S/C16H23NO5S/c1-11(10-23)16(20)17(9-15(18)19)7-6-12-4-5-13(21-2)14(8-12)22-3/h4-5,8,11,23H,6-7,9-10H2,1-3H3,(H,18,19). The van der Waals surface area contributed by atoms with Crippen molar-refractivity contribution in [3.63, 3.8) is 0 Å². The zero-order chi connectivity index (χ0) is 17.4. The largest absolute Gasteiger partial charge is 0.493 e. The average Bonchev–Trinajstić information content (AvgIpc) is 2.56. The lowest BCUT2D eigenvalue weighted by molar-refractivity contribution is -0.145. The van der Waals surface area contributed by atoms with Crippen LogP contribution in [0.4, 0.5) is 0 Å². The Bertz CT molecular complexity index is 549. The van der Waals surface area contributed by atoms with Gasteiger partial charge in [-0.05, 0) is 24.1 Å². The number of amides is 1. The second-order valence-corrected chi connectivity index (χ2v) is 5.54. The van der Waals surface area contributed by atoms with Gasteiger partial charge in [0.1, 0.15) is 6.54 Å². The molecule has 0 saturated heterocycles. The van der Waals surface area contributed by atoms with Crippen LogP contribution in [0.3, 0.4) is 0 Å². The second kappa shape index (κ2) is 9.29. The minimum Gasteiger partial charge on any atom is -0.493 e. The van der Waals surface area contributed by atoms with Crippen LogP contribution in [0.1, 0.15) is 12.5 Å². The van der Waals surface area contributed by atoms with Gasteiger partial charge in [0.25, 0.3) is 0 Å². The summed E-state index contributed by atoms with van der Waals surface area (Å²) in [5, 5.41) is 8.99. The van der Waals surface area contributed by atoms with Gasteiger partial charge in [0.2, 0.25) is 5.91 Å². The lowest BCUT2D eigenvalue weighted by atomic mass is 10.1. The minimum atomic E-state index is -1.03.